The first-order chi connectivity index (χ1) is 13.1. The Morgan fingerprint density at radius 3 is 2.67 bits per heavy atom. The maximum absolute atomic E-state index is 13.1. The quantitative estimate of drug-likeness (QED) is 0.640. The second-order valence-electron chi connectivity index (χ2n) is 7.31. The Hall–Kier alpha value is -2.82. The molecule has 0 saturated carbocycles. The van der Waals surface area contributed by atoms with Crippen LogP contribution in [0.3, 0.4) is 0 Å². The maximum atomic E-state index is 13.1. The lowest BCUT2D eigenvalue weighted by Crippen LogP contribution is -2.18. The smallest absolute Gasteiger partial charge is 0.185 e. The lowest BCUT2D eigenvalue weighted by Gasteiger charge is -2.23. The van der Waals surface area contributed by atoms with Crippen molar-refractivity contribution in [3.8, 4) is 0 Å². The zero-order valence-corrected chi connectivity index (χ0v) is 15.4. The van der Waals surface area contributed by atoms with Gasteiger partial charge in [0.25, 0.3) is 0 Å². The first-order valence-electron chi connectivity index (χ1n) is 9.34. The average Bonchev–Trinajstić information content (AvgIpc) is 3.04. The van der Waals surface area contributed by atoms with E-state index in [1.54, 1.807) is 16.8 Å². The van der Waals surface area contributed by atoms with Gasteiger partial charge in [-0.15, -0.1) is 5.10 Å². The Bertz CT molecular complexity index is 962. The molecule has 1 aliphatic rings. The van der Waals surface area contributed by atoms with Crippen LogP contribution in [0.2, 0.25) is 0 Å². The van der Waals surface area contributed by atoms with Crippen molar-refractivity contribution < 1.29 is 9.18 Å². The predicted octanol–water partition coefficient (Wildman–Crippen LogP) is 4.15. The van der Waals surface area contributed by atoms with E-state index >= 15 is 0 Å². The van der Waals surface area contributed by atoms with Crippen LogP contribution < -0.4 is 0 Å². The van der Waals surface area contributed by atoms with Crippen molar-refractivity contribution in [3.05, 3.63) is 82.4 Å². The molecule has 0 aliphatic heterocycles. The molecule has 0 N–H and O–H groups in total. The lowest BCUT2D eigenvalue weighted by atomic mass is 9.81. The summed E-state index contributed by atoms with van der Waals surface area (Å²) in [6, 6.07) is 14.8. The van der Waals surface area contributed by atoms with Crippen LogP contribution in [0.15, 0.2) is 48.5 Å². The van der Waals surface area contributed by atoms with Crippen LogP contribution in [0.25, 0.3) is 0 Å². The van der Waals surface area contributed by atoms with Gasteiger partial charge in [0.05, 0.1) is 12.2 Å². The summed E-state index contributed by atoms with van der Waals surface area (Å²) >= 11 is 0. The van der Waals surface area contributed by atoms with Gasteiger partial charge in [0.15, 0.2) is 11.5 Å². The van der Waals surface area contributed by atoms with Crippen LogP contribution >= 0.6 is 0 Å². The van der Waals surface area contributed by atoms with E-state index in [1.165, 1.54) is 23.3 Å². The molecular formula is C22H22FN3O. The summed E-state index contributed by atoms with van der Waals surface area (Å²) in [6.07, 6.45) is 3.52. The van der Waals surface area contributed by atoms with Gasteiger partial charge in [-0.3, -0.25) is 4.79 Å². The van der Waals surface area contributed by atoms with Crippen LogP contribution in [-0.2, 0) is 19.4 Å². The van der Waals surface area contributed by atoms with Gasteiger partial charge < -0.3 is 0 Å². The van der Waals surface area contributed by atoms with E-state index in [1.807, 2.05) is 6.92 Å². The molecule has 1 atom stereocenters. The minimum atomic E-state index is -0.265. The molecule has 1 unspecified atom stereocenters. The highest BCUT2D eigenvalue weighted by Crippen LogP contribution is 2.28. The fraction of sp³-hybridized carbons (Fsp3) is 0.318. The molecule has 0 amide bonds. The van der Waals surface area contributed by atoms with Gasteiger partial charge in [0.2, 0.25) is 0 Å². The number of hydrogen-bond donors (Lipinski definition) is 0. The molecule has 4 rings (SSSR count). The van der Waals surface area contributed by atoms with Gasteiger partial charge in [-0.2, -0.15) is 0 Å². The first-order valence-corrected chi connectivity index (χ1v) is 9.34. The second-order valence-corrected chi connectivity index (χ2v) is 7.31. The summed E-state index contributed by atoms with van der Waals surface area (Å²) in [4.78, 5) is 12.8. The van der Waals surface area contributed by atoms with Crippen molar-refractivity contribution in [2.75, 3.05) is 0 Å². The SMILES string of the molecule is Cc1c(C(=O)CC2CCc3ccccc3C2)nnn1Cc1ccc(F)cc1. The monoisotopic (exact) mass is 363 g/mol. The molecule has 1 aliphatic carbocycles. The van der Waals surface area contributed by atoms with Gasteiger partial charge in [-0.1, -0.05) is 41.6 Å². The molecule has 0 spiro atoms. The summed E-state index contributed by atoms with van der Waals surface area (Å²) in [5.74, 6) is 0.148. The molecule has 0 radical (unpaired) electrons. The third-order valence-electron chi connectivity index (χ3n) is 5.42. The van der Waals surface area contributed by atoms with Gasteiger partial charge in [0.1, 0.15) is 5.82 Å². The molecule has 2 aromatic carbocycles. The number of aryl methyl sites for hydroxylation is 1. The minimum absolute atomic E-state index is 0.0576. The second kappa shape index (κ2) is 7.43. The van der Waals surface area contributed by atoms with Crippen molar-refractivity contribution in [2.24, 2.45) is 5.92 Å². The number of aromatic nitrogens is 3. The third kappa shape index (κ3) is 3.82. The molecule has 0 bridgehead atoms. The molecular weight excluding hydrogens is 341 g/mol. The zero-order valence-electron chi connectivity index (χ0n) is 15.4. The lowest BCUT2D eigenvalue weighted by molar-refractivity contribution is 0.0951. The number of carbonyl (C=O) groups excluding carboxylic acids is 1. The van der Waals surface area contributed by atoms with Gasteiger partial charge in [-0.05, 0) is 60.9 Å². The summed E-state index contributed by atoms with van der Waals surface area (Å²) in [6.45, 7) is 2.34. The van der Waals surface area contributed by atoms with Crippen LogP contribution in [-0.4, -0.2) is 20.8 Å². The van der Waals surface area contributed by atoms with E-state index in [-0.39, 0.29) is 11.6 Å². The van der Waals surface area contributed by atoms with E-state index < -0.39 is 0 Å². The van der Waals surface area contributed by atoms with E-state index in [0.29, 0.717) is 24.6 Å². The van der Waals surface area contributed by atoms with Crippen molar-refractivity contribution in [2.45, 2.75) is 39.2 Å². The molecule has 5 heteroatoms. The highest BCUT2D eigenvalue weighted by molar-refractivity contribution is 5.95. The van der Waals surface area contributed by atoms with Crippen molar-refractivity contribution in [1.82, 2.24) is 15.0 Å². The summed E-state index contributed by atoms with van der Waals surface area (Å²) in [7, 11) is 0. The zero-order chi connectivity index (χ0) is 18.8. The highest BCUT2D eigenvalue weighted by Gasteiger charge is 2.24. The van der Waals surface area contributed by atoms with Crippen LogP contribution in [0.4, 0.5) is 4.39 Å². The van der Waals surface area contributed by atoms with E-state index in [0.717, 1.165) is 30.5 Å². The van der Waals surface area contributed by atoms with E-state index in [2.05, 4.69) is 34.6 Å². The molecule has 138 valence electrons. The Labute approximate surface area is 158 Å². The largest absolute Gasteiger partial charge is 0.292 e. The van der Waals surface area contributed by atoms with Crippen molar-refractivity contribution >= 4 is 5.78 Å². The number of hydrogen-bond acceptors (Lipinski definition) is 3. The highest BCUT2D eigenvalue weighted by atomic mass is 19.1. The number of Topliss-reactive ketones (excluding diaryl/α,β-unsaturated/α-hetero) is 1. The number of halogens is 1. The molecule has 1 aromatic heterocycles. The van der Waals surface area contributed by atoms with Crippen LogP contribution in [0.1, 0.15) is 45.7 Å². The van der Waals surface area contributed by atoms with Gasteiger partial charge in [0, 0.05) is 6.42 Å². The summed E-state index contributed by atoms with van der Waals surface area (Å²) in [5, 5.41) is 8.26. The van der Waals surface area contributed by atoms with Gasteiger partial charge >= 0.3 is 0 Å². The minimum Gasteiger partial charge on any atom is -0.292 e. The number of rotatable bonds is 5. The summed E-state index contributed by atoms with van der Waals surface area (Å²) < 4.78 is 14.8. The molecule has 1 heterocycles. The van der Waals surface area contributed by atoms with Crippen molar-refractivity contribution in [1.29, 1.82) is 0 Å². The van der Waals surface area contributed by atoms with E-state index in [9.17, 15) is 9.18 Å². The fourth-order valence-electron chi connectivity index (χ4n) is 3.84. The number of carbonyl (C=O) groups is 1. The van der Waals surface area contributed by atoms with Gasteiger partial charge in [-0.25, -0.2) is 9.07 Å². The first kappa shape index (κ1) is 17.6. The number of benzene rings is 2. The van der Waals surface area contributed by atoms with Crippen molar-refractivity contribution in [3.63, 3.8) is 0 Å². The Morgan fingerprint density at radius 2 is 1.89 bits per heavy atom. The molecule has 27 heavy (non-hydrogen) atoms. The summed E-state index contributed by atoms with van der Waals surface area (Å²) in [5.41, 5.74) is 4.91. The van der Waals surface area contributed by atoms with E-state index in [4.69, 9.17) is 0 Å². The molecule has 0 saturated heterocycles. The normalized spacial score (nSPS) is 16.1. The molecule has 0 fully saturated rings. The Kier molecular flexibility index (Phi) is 4.84. The maximum Gasteiger partial charge on any atom is 0.185 e. The van der Waals surface area contributed by atoms with Crippen LogP contribution in [0.5, 0.6) is 0 Å². The number of fused-ring (bicyclic) bond motifs is 1. The average molecular weight is 363 g/mol. The number of ketones is 1. The third-order valence-corrected chi connectivity index (χ3v) is 5.42. The fourth-order valence-corrected chi connectivity index (χ4v) is 3.84. The Balaban J connectivity index is 1.44. The Morgan fingerprint density at radius 1 is 1.15 bits per heavy atom. The number of nitrogens with zero attached hydrogens (tertiary/aromatic N) is 3. The predicted molar refractivity (Wildman–Crippen MR) is 101 cm³/mol. The standard InChI is InChI=1S/C22H22FN3O/c1-15-22(24-25-26(15)14-16-7-10-20(23)11-8-16)21(27)13-17-6-9-18-4-2-3-5-19(18)12-17/h2-5,7-8,10-11,17H,6,9,12-14H2,1H3. The van der Waals surface area contributed by atoms with Crippen LogP contribution in [0, 0.1) is 18.7 Å². The molecule has 4 nitrogen and oxygen atoms in total. The molecule has 3 aromatic rings. The topological polar surface area (TPSA) is 47.8 Å².